The number of benzene rings is 1. The zero-order chi connectivity index (χ0) is 23.5. The molecule has 3 aromatic heterocycles. The van der Waals surface area contributed by atoms with Crippen molar-refractivity contribution in [2.24, 2.45) is 0 Å². The Bertz CT molecular complexity index is 1320. The van der Waals surface area contributed by atoms with Crippen molar-refractivity contribution in [3.63, 3.8) is 0 Å². The standard InChI is InChI=1S/C23H25B2N7O/c1-12(14-5-4-6-15-16(23(33)26-3)7-8-27-20(14)15)10-28-18-9-17(29-11-30-18)19-21(24)31-13(2)32-22(19)25/h4-9,11-12H,10,24-25H2,1-3H3,(H,26,33)(H,28,29,30)/t12-/m1/s1. The molecule has 0 saturated carbocycles. The van der Waals surface area contributed by atoms with Crippen LogP contribution in [0.25, 0.3) is 22.2 Å². The molecular weight excluding hydrogens is 412 g/mol. The van der Waals surface area contributed by atoms with E-state index in [2.05, 4.69) is 48.5 Å². The second-order valence-corrected chi connectivity index (χ2v) is 8.07. The highest BCUT2D eigenvalue weighted by atomic mass is 16.1. The van der Waals surface area contributed by atoms with Crippen LogP contribution in [0, 0.1) is 6.92 Å². The van der Waals surface area contributed by atoms with E-state index >= 15 is 0 Å². The zero-order valence-electron chi connectivity index (χ0n) is 19.5. The van der Waals surface area contributed by atoms with Gasteiger partial charge in [-0.25, -0.2) is 19.9 Å². The third kappa shape index (κ3) is 4.55. The first kappa shape index (κ1) is 22.4. The molecule has 8 nitrogen and oxygen atoms in total. The number of nitrogens with zero attached hydrogens (tertiary/aromatic N) is 5. The summed E-state index contributed by atoms with van der Waals surface area (Å²) in [5.41, 5.74) is 6.03. The van der Waals surface area contributed by atoms with Crippen LogP contribution in [0.1, 0.15) is 34.6 Å². The summed E-state index contributed by atoms with van der Waals surface area (Å²) in [4.78, 5) is 34.6. The number of rotatable bonds is 6. The average molecular weight is 437 g/mol. The molecule has 164 valence electrons. The van der Waals surface area contributed by atoms with Gasteiger partial charge >= 0.3 is 0 Å². The predicted octanol–water partition coefficient (Wildman–Crippen LogP) is -0.118. The van der Waals surface area contributed by atoms with E-state index in [4.69, 9.17) is 0 Å². The van der Waals surface area contributed by atoms with Crippen LogP contribution in [0.2, 0.25) is 0 Å². The van der Waals surface area contributed by atoms with Gasteiger partial charge in [-0.05, 0) is 18.6 Å². The first-order valence-electron chi connectivity index (χ1n) is 10.9. The number of aryl methyl sites for hydroxylation is 1. The van der Waals surface area contributed by atoms with Gasteiger partial charge in [-0.1, -0.05) is 25.1 Å². The highest BCUT2D eigenvalue weighted by Crippen LogP contribution is 2.26. The fourth-order valence-electron chi connectivity index (χ4n) is 4.14. The SMILES string of the molecule is Bc1nc(C)nc(B)c1-c1cc(NC[C@@H](C)c2cccc3c(C(=O)NC)ccnc23)ncn1. The second-order valence-electron chi connectivity index (χ2n) is 8.07. The number of pyridine rings is 1. The summed E-state index contributed by atoms with van der Waals surface area (Å²) >= 11 is 0. The van der Waals surface area contributed by atoms with E-state index in [1.54, 1.807) is 25.6 Å². The number of aromatic nitrogens is 5. The smallest absolute Gasteiger partial charge is 0.251 e. The Hall–Kier alpha value is -3.81. The Morgan fingerprint density at radius 1 is 1.09 bits per heavy atom. The highest BCUT2D eigenvalue weighted by molar-refractivity contribution is 6.41. The van der Waals surface area contributed by atoms with Gasteiger partial charge in [0.05, 0.1) is 16.8 Å². The lowest BCUT2D eigenvalue weighted by molar-refractivity contribution is 0.0964. The Balaban J connectivity index is 1.58. The van der Waals surface area contributed by atoms with Crippen LogP contribution in [0.4, 0.5) is 5.82 Å². The summed E-state index contributed by atoms with van der Waals surface area (Å²) in [5.74, 6) is 1.49. The molecule has 0 aliphatic carbocycles. The lowest BCUT2D eigenvalue weighted by Gasteiger charge is -2.17. The van der Waals surface area contributed by atoms with E-state index in [0.717, 1.165) is 50.6 Å². The summed E-state index contributed by atoms with van der Waals surface area (Å²) in [5, 5.41) is 6.96. The number of carbonyl (C=O) groups excluding carboxylic acids is 1. The van der Waals surface area contributed by atoms with Crippen LogP contribution in [0.5, 0.6) is 0 Å². The summed E-state index contributed by atoms with van der Waals surface area (Å²) in [6, 6.07) is 9.62. The average Bonchev–Trinajstić information content (AvgIpc) is 2.81. The molecule has 4 aromatic rings. The number of para-hydroxylation sites is 1. The molecule has 0 radical (unpaired) electrons. The fraction of sp³-hybridized carbons (Fsp3) is 0.217. The van der Waals surface area contributed by atoms with Crippen molar-refractivity contribution < 1.29 is 4.79 Å². The predicted molar refractivity (Wildman–Crippen MR) is 136 cm³/mol. The van der Waals surface area contributed by atoms with Crippen LogP contribution in [-0.4, -0.2) is 60.1 Å². The molecule has 0 spiro atoms. The van der Waals surface area contributed by atoms with Crippen molar-refractivity contribution in [3.05, 3.63) is 59.8 Å². The number of anilines is 1. The van der Waals surface area contributed by atoms with Crippen LogP contribution >= 0.6 is 0 Å². The molecule has 0 aliphatic rings. The Morgan fingerprint density at radius 3 is 2.58 bits per heavy atom. The van der Waals surface area contributed by atoms with Gasteiger partial charge in [-0.2, -0.15) is 0 Å². The number of amides is 1. The molecule has 2 N–H and O–H groups in total. The summed E-state index contributed by atoms with van der Waals surface area (Å²) in [6.45, 7) is 4.65. The van der Waals surface area contributed by atoms with E-state index in [1.807, 2.05) is 40.8 Å². The van der Waals surface area contributed by atoms with Crippen molar-refractivity contribution in [2.45, 2.75) is 19.8 Å². The van der Waals surface area contributed by atoms with Crippen LogP contribution in [0.15, 0.2) is 42.9 Å². The molecule has 0 unspecified atom stereocenters. The normalized spacial score (nSPS) is 11.8. The van der Waals surface area contributed by atoms with Crippen molar-refractivity contribution in [1.82, 2.24) is 30.2 Å². The molecule has 3 heterocycles. The number of hydrogen-bond acceptors (Lipinski definition) is 7. The maximum Gasteiger partial charge on any atom is 0.251 e. The van der Waals surface area contributed by atoms with Crippen molar-refractivity contribution >= 4 is 49.5 Å². The minimum atomic E-state index is -0.121. The second kappa shape index (κ2) is 9.36. The van der Waals surface area contributed by atoms with Crippen molar-refractivity contribution in [3.8, 4) is 11.3 Å². The molecular formula is C23H25B2N7O. The lowest BCUT2D eigenvalue weighted by atomic mass is 9.87. The summed E-state index contributed by atoms with van der Waals surface area (Å²) in [6.07, 6.45) is 3.23. The molecule has 0 bridgehead atoms. The minimum absolute atomic E-state index is 0.121. The number of carbonyl (C=O) groups is 1. The van der Waals surface area contributed by atoms with Gasteiger partial charge in [0, 0.05) is 53.9 Å². The molecule has 0 fully saturated rings. The number of hydrogen-bond donors (Lipinski definition) is 2. The molecule has 1 aromatic carbocycles. The third-order valence-corrected chi connectivity index (χ3v) is 5.70. The van der Waals surface area contributed by atoms with E-state index in [-0.39, 0.29) is 11.8 Å². The molecule has 1 amide bonds. The maximum atomic E-state index is 12.3. The quantitative estimate of drug-likeness (QED) is 0.406. The molecule has 0 saturated heterocycles. The molecule has 4 rings (SSSR count). The van der Waals surface area contributed by atoms with E-state index < -0.39 is 0 Å². The maximum absolute atomic E-state index is 12.3. The Morgan fingerprint density at radius 2 is 1.85 bits per heavy atom. The summed E-state index contributed by atoms with van der Waals surface area (Å²) in [7, 11) is 5.57. The van der Waals surface area contributed by atoms with Gasteiger partial charge in [0.25, 0.3) is 5.91 Å². The van der Waals surface area contributed by atoms with E-state index in [9.17, 15) is 4.79 Å². The highest BCUT2D eigenvalue weighted by Gasteiger charge is 2.16. The van der Waals surface area contributed by atoms with Gasteiger partial charge < -0.3 is 10.6 Å². The Kier molecular flexibility index (Phi) is 6.35. The third-order valence-electron chi connectivity index (χ3n) is 5.70. The van der Waals surface area contributed by atoms with Crippen LogP contribution in [0.3, 0.4) is 0 Å². The van der Waals surface area contributed by atoms with E-state index in [0.29, 0.717) is 12.1 Å². The van der Waals surface area contributed by atoms with Crippen LogP contribution in [-0.2, 0) is 0 Å². The van der Waals surface area contributed by atoms with E-state index in [1.165, 1.54) is 0 Å². The van der Waals surface area contributed by atoms with Gasteiger partial charge in [-0.15, -0.1) is 0 Å². The number of nitrogens with one attached hydrogen (secondary N) is 2. The lowest BCUT2D eigenvalue weighted by Crippen LogP contribution is -2.27. The molecule has 10 heteroatoms. The van der Waals surface area contributed by atoms with Gasteiger partial charge in [0.15, 0.2) is 15.7 Å². The monoisotopic (exact) mass is 437 g/mol. The first-order chi connectivity index (χ1) is 15.9. The Labute approximate surface area is 194 Å². The number of fused-ring (bicyclic) bond motifs is 1. The molecule has 1 atom stereocenters. The minimum Gasteiger partial charge on any atom is -0.369 e. The molecule has 33 heavy (non-hydrogen) atoms. The fourth-order valence-corrected chi connectivity index (χ4v) is 4.14. The van der Waals surface area contributed by atoms with Gasteiger partial charge in [0.1, 0.15) is 18.0 Å². The van der Waals surface area contributed by atoms with Crippen LogP contribution < -0.4 is 21.8 Å². The summed E-state index contributed by atoms with van der Waals surface area (Å²) < 4.78 is 0. The van der Waals surface area contributed by atoms with Crippen molar-refractivity contribution in [2.75, 3.05) is 18.9 Å². The largest absolute Gasteiger partial charge is 0.369 e. The zero-order valence-corrected chi connectivity index (χ0v) is 19.5. The van der Waals surface area contributed by atoms with Crippen molar-refractivity contribution in [1.29, 1.82) is 0 Å². The topological polar surface area (TPSA) is 106 Å². The van der Waals surface area contributed by atoms with Gasteiger partial charge in [-0.3, -0.25) is 9.78 Å². The molecule has 0 aliphatic heterocycles. The van der Waals surface area contributed by atoms with Gasteiger partial charge in [0.2, 0.25) is 0 Å². The first-order valence-corrected chi connectivity index (χ1v) is 10.9.